The van der Waals surface area contributed by atoms with Crippen molar-refractivity contribution in [3.8, 4) is 0 Å². The van der Waals surface area contributed by atoms with Crippen molar-refractivity contribution in [3.05, 3.63) is 0 Å². The van der Waals surface area contributed by atoms with E-state index in [-0.39, 0.29) is 0 Å². The Kier molecular flexibility index (Phi) is 25.8. The van der Waals surface area contributed by atoms with Crippen LogP contribution in [0.4, 0.5) is 0 Å². The molecule has 0 unspecified atom stereocenters. The Labute approximate surface area is 159 Å². The van der Waals surface area contributed by atoms with Crippen LogP contribution in [-0.4, -0.2) is 39.8 Å². The lowest BCUT2D eigenvalue weighted by Gasteiger charge is -2.22. The summed E-state index contributed by atoms with van der Waals surface area (Å²) in [5, 5.41) is 6.78. The Balaban J connectivity index is 0. The van der Waals surface area contributed by atoms with Crippen LogP contribution in [0.3, 0.4) is 0 Å². The molecule has 154 valence electrons. The molecular weight excluding hydrogens is 308 g/mol. The maximum atomic E-state index is 5.50. The maximum Gasteiger partial charge on any atom is 0.00670 e. The van der Waals surface area contributed by atoms with Crippen LogP contribution in [0.2, 0.25) is 0 Å². The molecule has 2 aliphatic rings. The molecule has 0 aromatic heterocycles. The zero-order valence-corrected chi connectivity index (χ0v) is 17.9. The summed E-state index contributed by atoms with van der Waals surface area (Å²) in [5.74, 6) is 0.865. The quantitative estimate of drug-likeness (QED) is 0.541. The number of nitrogens with two attached hydrogens (primary N) is 2. The summed E-state index contributed by atoms with van der Waals surface area (Å²) in [6, 6.07) is 0.829. The average molecular weight is 359 g/mol. The first-order chi connectivity index (χ1) is 12.3. The van der Waals surface area contributed by atoms with E-state index in [1.807, 2.05) is 7.05 Å². The second-order valence-corrected chi connectivity index (χ2v) is 7.19. The third-order valence-corrected chi connectivity index (χ3v) is 4.70. The molecule has 0 spiro atoms. The molecule has 0 aromatic carbocycles. The van der Waals surface area contributed by atoms with Crippen LogP contribution in [0.25, 0.3) is 0 Å². The Morgan fingerprint density at radius 3 is 1.68 bits per heavy atom. The monoisotopic (exact) mass is 358 g/mol. The van der Waals surface area contributed by atoms with Crippen LogP contribution in [0.5, 0.6) is 0 Å². The smallest absolute Gasteiger partial charge is 0.00670 e. The van der Waals surface area contributed by atoms with E-state index in [4.69, 9.17) is 5.73 Å². The van der Waals surface area contributed by atoms with Gasteiger partial charge in [0.1, 0.15) is 0 Å². The van der Waals surface area contributed by atoms with Gasteiger partial charge in [-0.1, -0.05) is 58.8 Å². The van der Waals surface area contributed by atoms with E-state index >= 15 is 0 Å². The van der Waals surface area contributed by atoms with Gasteiger partial charge >= 0.3 is 0 Å². The second-order valence-electron chi connectivity index (χ2n) is 7.19. The lowest BCUT2D eigenvalue weighted by molar-refractivity contribution is 0.366. The highest BCUT2D eigenvalue weighted by molar-refractivity contribution is 4.71. The number of hydrogen-bond donors (Lipinski definition) is 4. The van der Waals surface area contributed by atoms with E-state index < -0.39 is 0 Å². The van der Waals surface area contributed by atoms with Crippen molar-refractivity contribution in [2.24, 2.45) is 17.4 Å². The molecule has 0 atom stereocenters. The van der Waals surface area contributed by atoms with Crippen LogP contribution in [0.1, 0.15) is 90.9 Å². The number of nitrogens with one attached hydrogen (secondary N) is 2. The summed E-state index contributed by atoms with van der Waals surface area (Å²) in [5.41, 5.74) is 10.0. The minimum Gasteiger partial charge on any atom is -0.333 e. The molecule has 2 fully saturated rings. The first-order valence-corrected chi connectivity index (χ1v) is 10.9. The van der Waals surface area contributed by atoms with Crippen molar-refractivity contribution in [1.82, 2.24) is 10.6 Å². The van der Waals surface area contributed by atoms with E-state index in [9.17, 15) is 0 Å². The van der Waals surface area contributed by atoms with Crippen LogP contribution < -0.4 is 22.1 Å². The summed E-state index contributed by atoms with van der Waals surface area (Å²) >= 11 is 0. The fraction of sp³-hybridized carbons (Fsp3) is 1.00. The fourth-order valence-corrected chi connectivity index (χ4v) is 3.30. The van der Waals surface area contributed by atoms with Gasteiger partial charge in [0.25, 0.3) is 0 Å². The third-order valence-electron chi connectivity index (χ3n) is 4.70. The Morgan fingerprint density at radius 2 is 1.28 bits per heavy atom. The van der Waals surface area contributed by atoms with Gasteiger partial charge in [-0.2, -0.15) is 0 Å². The Bertz CT molecular complexity index is 212. The van der Waals surface area contributed by atoms with E-state index in [0.717, 1.165) is 25.0 Å². The first-order valence-electron chi connectivity index (χ1n) is 10.9. The number of rotatable bonds is 6. The lowest BCUT2D eigenvalue weighted by atomic mass is 9.90. The molecule has 0 aliphatic heterocycles. The van der Waals surface area contributed by atoms with Crippen molar-refractivity contribution >= 4 is 0 Å². The van der Waals surface area contributed by atoms with Crippen LogP contribution in [-0.2, 0) is 0 Å². The van der Waals surface area contributed by atoms with Gasteiger partial charge in [-0.15, -0.1) is 0 Å². The largest absolute Gasteiger partial charge is 0.333 e. The van der Waals surface area contributed by atoms with Crippen molar-refractivity contribution in [2.75, 3.05) is 33.7 Å². The average Bonchev–Trinajstić information content (AvgIpc) is 2.69. The predicted molar refractivity (Wildman–Crippen MR) is 115 cm³/mol. The molecule has 0 saturated heterocycles. The SMILES string of the molecule is CCC.CN.CNCCCNC1CCCCC1.NCC1CCCCC1. The molecule has 2 saturated carbocycles. The van der Waals surface area contributed by atoms with Crippen molar-refractivity contribution < 1.29 is 0 Å². The summed E-state index contributed by atoms with van der Waals surface area (Å²) in [6.45, 7) is 7.49. The summed E-state index contributed by atoms with van der Waals surface area (Å²) < 4.78 is 0. The van der Waals surface area contributed by atoms with Crippen molar-refractivity contribution in [2.45, 2.75) is 96.9 Å². The lowest BCUT2D eigenvalue weighted by Crippen LogP contribution is -2.32. The van der Waals surface area contributed by atoms with Crippen LogP contribution in [0, 0.1) is 5.92 Å². The van der Waals surface area contributed by atoms with Gasteiger partial charge in [0.05, 0.1) is 0 Å². The zero-order valence-electron chi connectivity index (χ0n) is 17.9. The molecule has 4 heteroatoms. The molecule has 2 aliphatic carbocycles. The minimum absolute atomic E-state index is 0.829. The second kappa shape index (κ2) is 23.8. The van der Waals surface area contributed by atoms with E-state index in [1.54, 1.807) is 0 Å². The van der Waals surface area contributed by atoms with Crippen LogP contribution >= 0.6 is 0 Å². The molecule has 0 radical (unpaired) electrons. The topological polar surface area (TPSA) is 76.1 Å². The molecule has 4 nitrogen and oxygen atoms in total. The first kappa shape index (κ1) is 27.1. The summed E-state index contributed by atoms with van der Waals surface area (Å²) in [7, 11) is 3.51. The minimum atomic E-state index is 0.829. The number of hydrogen-bond acceptors (Lipinski definition) is 4. The molecule has 0 amide bonds. The van der Waals surface area contributed by atoms with Crippen LogP contribution in [0.15, 0.2) is 0 Å². The third kappa shape index (κ3) is 20.0. The highest BCUT2D eigenvalue weighted by atomic mass is 14.9. The zero-order chi connectivity index (χ0) is 19.2. The van der Waals surface area contributed by atoms with Gasteiger partial charge in [0.2, 0.25) is 0 Å². The Hall–Kier alpha value is -0.160. The maximum absolute atomic E-state index is 5.50. The Morgan fingerprint density at radius 1 is 0.800 bits per heavy atom. The molecule has 2 rings (SSSR count). The standard InChI is InChI=1S/C10H22N2.C7H15N.C3H8.CH5N/c1-11-8-5-9-12-10-6-3-2-4-7-10;8-6-7-4-2-1-3-5-7;1-3-2;1-2/h10-12H,2-9H2,1H3;7H,1-6,8H2;3H2,1-2H3;2H2,1H3. The molecule has 0 bridgehead atoms. The van der Waals surface area contributed by atoms with E-state index in [2.05, 4.69) is 30.2 Å². The highest BCUT2D eigenvalue weighted by Crippen LogP contribution is 2.21. The van der Waals surface area contributed by atoms with Gasteiger partial charge in [-0.05, 0) is 71.8 Å². The molecular formula is C21H50N4. The molecule has 6 N–H and O–H groups in total. The molecule has 0 heterocycles. The molecule has 25 heavy (non-hydrogen) atoms. The van der Waals surface area contributed by atoms with Crippen molar-refractivity contribution in [1.29, 1.82) is 0 Å². The van der Waals surface area contributed by atoms with Gasteiger partial charge in [0, 0.05) is 6.04 Å². The predicted octanol–water partition coefficient (Wildman–Crippen LogP) is 4.03. The fourth-order valence-electron chi connectivity index (χ4n) is 3.30. The molecule has 0 aromatic rings. The normalized spacial score (nSPS) is 18.0. The van der Waals surface area contributed by atoms with Gasteiger partial charge in [-0.25, -0.2) is 0 Å². The van der Waals surface area contributed by atoms with E-state index in [1.165, 1.54) is 90.6 Å². The van der Waals surface area contributed by atoms with Crippen molar-refractivity contribution in [3.63, 3.8) is 0 Å². The van der Waals surface area contributed by atoms with Gasteiger partial charge in [0.15, 0.2) is 0 Å². The van der Waals surface area contributed by atoms with E-state index in [0.29, 0.717) is 0 Å². The van der Waals surface area contributed by atoms with Gasteiger partial charge in [-0.3, -0.25) is 0 Å². The highest BCUT2D eigenvalue weighted by Gasteiger charge is 2.11. The summed E-state index contributed by atoms with van der Waals surface area (Å²) in [4.78, 5) is 0. The van der Waals surface area contributed by atoms with Gasteiger partial charge < -0.3 is 22.1 Å². The summed E-state index contributed by atoms with van der Waals surface area (Å²) in [6.07, 6.45) is 16.7.